The SMILES string of the molecule is CS(=O)(=O)C(CCc1ccc(OCc2ccc(C(F)(F)F)cc2)cc1)C(N)=O. The van der Waals surface area contributed by atoms with E-state index in [1.165, 1.54) is 12.1 Å². The van der Waals surface area contributed by atoms with Crippen LogP contribution in [0.3, 0.4) is 0 Å². The molecule has 0 spiro atoms. The maximum atomic E-state index is 12.5. The van der Waals surface area contributed by atoms with Crippen molar-refractivity contribution in [3.63, 3.8) is 0 Å². The van der Waals surface area contributed by atoms with Gasteiger partial charge in [-0.1, -0.05) is 24.3 Å². The Balaban J connectivity index is 1.91. The van der Waals surface area contributed by atoms with E-state index in [4.69, 9.17) is 10.5 Å². The number of carbonyl (C=O) groups excluding carboxylic acids is 1. The normalized spacial score (nSPS) is 13.1. The Hall–Kier alpha value is -2.55. The highest BCUT2D eigenvalue weighted by atomic mass is 32.2. The van der Waals surface area contributed by atoms with E-state index in [1.54, 1.807) is 24.3 Å². The first kappa shape index (κ1) is 21.7. The molecule has 0 radical (unpaired) electrons. The number of primary amides is 1. The third-order valence-electron chi connectivity index (χ3n) is 4.14. The molecule has 28 heavy (non-hydrogen) atoms. The fraction of sp³-hybridized carbons (Fsp3) is 0.316. The predicted molar refractivity (Wildman–Crippen MR) is 98.4 cm³/mol. The van der Waals surface area contributed by atoms with Gasteiger partial charge in [-0.05, 0) is 48.2 Å². The Labute approximate surface area is 161 Å². The first-order chi connectivity index (χ1) is 13.0. The Morgan fingerprint density at radius 2 is 1.57 bits per heavy atom. The molecule has 1 amide bonds. The predicted octanol–water partition coefficient (Wildman–Crippen LogP) is 3.12. The molecule has 0 saturated heterocycles. The van der Waals surface area contributed by atoms with E-state index in [2.05, 4.69) is 0 Å². The maximum Gasteiger partial charge on any atom is 0.416 e. The zero-order valence-corrected chi connectivity index (χ0v) is 15.9. The number of benzene rings is 2. The van der Waals surface area contributed by atoms with Crippen molar-refractivity contribution >= 4 is 15.7 Å². The molecule has 0 aliphatic rings. The maximum absolute atomic E-state index is 12.5. The van der Waals surface area contributed by atoms with E-state index < -0.39 is 32.7 Å². The third kappa shape index (κ3) is 6.26. The number of alkyl halides is 3. The summed E-state index contributed by atoms with van der Waals surface area (Å²) in [7, 11) is -3.56. The number of nitrogens with two attached hydrogens (primary N) is 1. The van der Waals surface area contributed by atoms with Crippen molar-refractivity contribution in [2.45, 2.75) is 30.9 Å². The molecule has 0 heterocycles. The van der Waals surface area contributed by atoms with E-state index in [9.17, 15) is 26.4 Å². The highest BCUT2D eigenvalue weighted by Crippen LogP contribution is 2.29. The van der Waals surface area contributed by atoms with Crippen molar-refractivity contribution in [2.24, 2.45) is 5.73 Å². The zero-order valence-electron chi connectivity index (χ0n) is 15.1. The lowest BCUT2D eigenvalue weighted by atomic mass is 10.1. The standard InChI is InChI=1S/C19H20F3NO4S/c1-28(25,26)17(18(23)24)11-6-13-4-9-16(10-5-13)27-12-14-2-7-15(8-3-14)19(20,21)22/h2-5,7-10,17H,6,11-12H2,1H3,(H2,23,24). The molecule has 0 bridgehead atoms. The van der Waals surface area contributed by atoms with Crippen molar-refractivity contribution < 1.29 is 31.1 Å². The molecule has 2 aromatic rings. The second-order valence-corrected chi connectivity index (χ2v) is 8.61. The second kappa shape index (κ2) is 8.64. The Morgan fingerprint density at radius 3 is 2.04 bits per heavy atom. The summed E-state index contributed by atoms with van der Waals surface area (Å²) >= 11 is 0. The number of ether oxygens (including phenoxy) is 1. The van der Waals surface area contributed by atoms with Crippen LogP contribution in [0.2, 0.25) is 0 Å². The molecule has 2 aromatic carbocycles. The molecule has 0 aromatic heterocycles. The van der Waals surface area contributed by atoms with Crippen LogP contribution in [0.4, 0.5) is 13.2 Å². The number of hydrogen-bond acceptors (Lipinski definition) is 4. The smallest absolute Gasteiger partial charge is 0.416 e. The van der Waals surface area contributed by atoms with Crippen molar-refractivity contribution in [1.82, 2.24) is 0 Å². The first-order valence-electron chi connectivity index (χ1n) is 8.33. The molecule has 2 N–H and O–H groups in total. The zero-order chi connectivity index (χ0) is 20.9. The molecule has 2 rings (SSSR count). The van der Waals surface area contributed by atoms with Gasteiger partial charge in [0.2, 0.25) is 5.91 Å². The van der Waals surface area contributed by atoms with Gasteiger partial charge in [-0.3, -0.25) is 4.79 Å². The highest BCUT2D eigenvalue weighted by molar-refractivity contribution is 7.92. The summed E-state index contributed by atoms with van der Waals surface area (Å²) in [5.74, 6) is -0.364. The molecular formula is C19H20F3NO4S. The van der Waals surface area contributed by atoms with Gasteiger partial charge in [0.1, 0.15) is 17.6 Å². The minimum Gasteiger partial charge on any atom is -0.489 e. The van der Waals surface area contributed by atoms with Gasteiger partial charge < -0.3 is 10.5 Å². The first-order valence-corrected chi connectivity index (χ1v) is 10.3. The van der Waals surface area contributed by atoms with Crippen LogP contribution in [-0.4, -0.2) is 25.8 Å². The lowest BCUT2D eigenvalue weighted by Gasteiger charge is -2.12. The summed E-state index contributed by atoms with van der Waals surface area (Å²) in [6, 6.07) is 11.5. The molecule has 1 unspecified atom stereocenters. The second-order valence-electron chi connectivity index (χ2n) is 6.39. The van der Waals surface area contributed by atoms with E-state index in [-0.39, 0.29) is 13.0 Å². The largest absolute Gasteiger partial charge is 0.489 e. The fourth-order valence-electron chi connectivity index (χ4n) is 2.57. The van der Waals surface area contributed by atoms with Gasteiger partial charge in [-0.2, -0.15) is 13.2 Å². The van der Waals surface area contributed by atoms with Crippen LogP contribution >= 0.6 is 0 Å². The quantitative estimate of drug-likeness (QED) is 0.718. The summed E-state index contributed by atoms with van der Waals surface area (Å²) in [6.45, 7) is 0.106. The van der Waals surface area contributed by atoms with Crippen molar-refractivity contribution in [1.29, 1.82) is 0 Å². The lowest BCUT2D eigenvalue weighted by molar-refractivity contribution is -0.137. The molecule has 0 fully saturated rings. The summed E-state index contributed by atoms with van der Waals surface area (Å²) in [5, 5.41) is -1.23. The number of rotatable bonds is 8. The minimum absolute atomic E-state index is 0.0833. The highest BCUT2D eigenvalue weighted by Gasteiger charge is 2.30. The minimum atomic E-state index is -4.38. The Morgan fingerprint density at radius 1 is 1.04 bits per heavy atom. The number of carbonyl (C=O) groups is 1. The lowest BCUT2D eigenvalue weighted by Crippen LogP contribution is -2.35. The van der Waals surface area contributed by atoms with Gasteiger partial charge in [-0.15, -0.1) is 0 Å². The van der Waals surface area contributed by atoms with Gasteiger partial charge in [-0.25, -0.2) is 8.42 Å². The van der Waals surface area contributed by atoms with Crippen LogP contribution in [0.15, 0.2) is 48.5 Å². The van der Waals surface area contributed by atoms with E-state index in [1.807, 2.05) is 0 Å². The summed E-state index contributed by atoms with van der Waals surface area (Å²) in [6.07, 6.45) is -2.97. The molecule has 9 heteroatoms. The molecule has 5 nitrogen and oxygen atoms in total. The number of hydrogen-bond donors (Lipinski definition) is 1. The van der Waals surface area contributed by atoms with Gasteiger partial charge in [0.05, 0.1) is 5.56 Å². The molecule has 0 aliphatic carbocycles. The Kier molecular flexibility index (Phi) is 6.71. The van der Waals surface area contributed by atoms with Gasteiger partial charge in [0.25, 0.3) is 0 Å². The Bertz CT molecular complexity index is 908. The summed E-state index contributed by atoms with van der Waals surface area (Å²) in [4.78, 5) is 11.3. The van der Waals surface area contributed by atoms with Crippen molar-refractivity contribution in [3.05, 3.63) is 65.2 Å². The van der Waals surface area contributed by atoms with Crippen LogP contribution in [0.1, 0.15) is 23.1 Å². The monoisotopic (exact) mass is 415 g/mol. The van der Waals surface area contributed by atoms with E-state index in [0.29, 0.717) is 17.7 Å². The molecule has 0 saturated carbocycles. The van der Waals surface area contributed by atoms with Crippen LogP contribution in [-0.2, 0) is 33.8 Å². The topological polar surface area (TPSA) is 86.5 Å². The molecular weight excluding hydrogens is 395 g/mol. The number of sulfone groups is 1. The van der Waals surface area contributed by atoms with E-state index in [0.717, 1.165) is 24.0 Å². The van der Waals surface area contributed by atoms with Gasteiger partial charge >= 0.3 is 6.18 Å². The average Bonchev–Trinajstić information content (AvgIpc) is 2.59. The molecule has 1 atom stereocenters. The van der Waals surface area contributed by atoms with Crippen LogP contribution < -0.4 is 10.5 Å². The molecule has 0 aliphatic heterocycles. The third-order valence-corrected chi connectivity index (χ3v) is 5.64. The summed E-state index contributed by atoms with van der Waals surface area (Å²) in [5.41, 5.74) is 5.81. The fourth-order valence-corrected chi connectivity index (χ4v) is 3.54. The molecule has 152 valence electrons. The van der Waals surface area contributed by atoms with Gasteiger partial charge in [0, 0.05) is 6.26 Å². The summed E-state index contributed by atoms with van der Waals surface area (Å²) < 4.78 is 66.3. The van der Waals surface area contributed by atoms with Crippen LogP contribution in [0, 0.1) is 0 Å². The van der Waals surface area contributed by atoms with Crippen LogP contribution in [0.5, 0.6) is 5.75 Å². The van der Waals surface area contributed by atoms with Crippen molar-refractivity contribution in [3.8, 4) is 5.75 Å². The van der Waals surface area contributed by atoms with Gasteiger partial charge in [0.15, 0.2) is 9.84 Å². The number of aryl methyl sites for hydroxylation is 1. The average molecular weight is 415 g/mol. The van der Waals surface area contributed by atoms with E-state index >= 15 is 0 Å². The number of amides is 1. The van der Waals surface area contributed by atoms with Crippen LogP contribution in [0.25, 0.3) is 0 Å². The number of halogens is 3. The van der Waals surface area contributed by atoms with Crippen molar-refractivity contribution in [2.75, 3.05) is 6.26 Å².